The Bertz CT molecular complexity index is 751. The second-order valence-corrected chi connectivity index (χ2v) is 3.91. The van der Waals surface area contributed by atoms with Gasteiger partial charge in [0.1, 0.15) is 0 Å². The number of nitrogen functional groups attached to an aromatic ring is 1. The summed E-state index contributed by atoms with van der Waals surface area (Å²) in [4.78, 5) is 4.00. The first kappa shape index (κ1) is 10.4. The zero-order valence-electron chi connectivity index (χ0n) is 9.42. The predicted molar refractivity (Wildman–Crippen MR) is 68.6 cm³/mol. The van der Waals surface area contributed by atoms with Crippen LogP contribution in [0.2, 0.25) is 0 Å². The second kappa shape index (κ2) is 3.90. The van der Waals surface area contributed by atoms with E-state index in [1.807, 2.05) is 18.2 Å². The summed E-state index contributed by atoms with van der Waals surface area (Å²) in [5.41, 5.74) is 8.77. The Labute approximate surface area is 103 Å². The van der Waals surface area contributed by atoms with Gasteiger partial charge in [0.25, 0.3) is 0 Å². The molecule has 2 N–H and O–H groups in total. The number of hydrogen-bond acceptors (Lipinski definition) is 4. The van der Waals surface area contributed by atoms with Gasteiger partial charge in [0.15, 0.2) is 11.3 Å². The van der Waals surface area contributed by atoms with E-state index < -0.39 is 0 Å². The van der Waals surface area contributed by atoms with E-state index in [0.717, 1.165) is 10.9 Å². The minimum atomic E-state index is 0.595. The van der Waals surface area contributed by atoms with Crippen molar-refractivity contribution in [2.45, 2.75) is 0 Å². The topological polar surface area (TPSA) is 75.8 Å². The van der Waals surface area contributed by atoms with E-state index in [1.54, 1.807) is 24.5 Å². The number of aromatic nitrogens is 1. The Morgan fingerprint density at radius 3 is 2.61 bits per heavy atom. The van der Waals surface area contributed by atoms with E-state index in [0.29, 0.717) is 22.6 Å². The molecule has 18 heavy (non-hydrogen) atoms. The SMILES string of the molecule is N#Cc1ccc(-c2oc3cnccc3c2N)cc1. The molecule has 86 valence electrons. The lowest BCUT2D eigenvalue weighted by Gasteiger charge is -1.98. The van der Waals surface area contributed by atoms with Gasteiger partial charge in [-0.05, 0) is 30.3 Å². The van der Waals surface area contributed by atoms with E-state index in [2.05, 4.69) is 11.1 Å². The predicted octanol–water partition coefficient (Wildman–Crippen LogP) is 2.95. The second-order valence-electron chi connectivity index (χ2n) is 3.91. The molecule has 0 fully saturated rings. The molecular weight excluding hydrogens is 226 g/mol. The molecule has 0 aliphatic rings. The number of pyridine rings is 1. The number of furan rings is 1. The van der Waals surface area contributed by atoms with Gasteiger partial charge in [0.05, 0.1) is 23.5 Å². The van der Waals surface area contributed by atoms with Gasteiger partial charge in [0.2, 0.25) is 0 Å². The van der Waals surface area contributed by atoms with Crippen molar-refractivity contribution in [1.82, 2.24) is 4.98 Å². The lowest BCUT2D eigenvalue weighted by molar-refractivity contribution is 0.631. The summed E-state index contributed by atoms with van der Waals surface area (Å²) in [5.74, 6) is 0.613. The minimum absolute atomic E-state index is 0.595. The minimum Gasteiger partial charge on any atom is -0.452 e. The molecule has 0 atom stereocenters. The summed E-state index contributed by atoms with van der Waals surface area (Å²) in [6.07, 6.45) is 3.32. The van der Waals surface area contributed by atoms with Crippen LogP contribution in [-0.2, 0) is 0 Å². The van der Waals surface area contributed by atoms with Crippen LogP contribution in [0.25, 0.3) is 22.3 Å². The lowest BCUT2D eigenvalue weighted by atomic mass is 10.1. The number of nitrogens with two attached hydrogens (primary N) is 1. The monoisotopic (exact) mass is 235 g/mol. The van der Waals surface area contributed by atoms with E-state index in [1.165, 1.54) is 0 Å². The molecule has 4 nitrogen and oxygen atoms in total. The Balaban J connectivity index is 2.19. The molecular formula is C14H9N3O. The van der Waals surface area contributed by atoms with Crippen molar-refractivity contribution in [3.05, 3.63) is 48.3 Å². The molecule has 0 amide bonds. The van der Waals surface area contributed by atoms with Crippen molar-refractivity contribution in [3.63, 3.8) is 0 Å². The molecule has 3 aromatic rings. The van der Waals surface area contributed by atoms with Crippen LogP contribution < -0.4 is 5.73 Å². The van der Waals surface area contributed by atoms with Gasteiger partial charge in [-0.1, -0.05) is 0 Å². The van der Waals surface area contributed by atoms with E-state index in [9.17, 15) is 0 Å². The van der Waals surface area contributed by atoms with Crippen LogP contribution in [0.3, 0.4) is 0 Å². The number of benzene rings is 1. The van der Waals surface area contributed by atoms with Gasteiger partial charge in [-0.3, -0.25) is 4.98 Å². The maximum Gasteiger partial charge on any atom is 0.158 e. The van der Waals surface area contributed by atoms with Crippen molar-refractivity contribution in [3.8, 4) is 17.4 Å². The fraction of sp³-hybridized carbons (Fsp3) is 0. The van der Waals surface area contributed by atoms with Crippen LogP contribution in [0.4, 0.5) is 5.69 Å². The van der Waals surface area contributed by atoms with Gasteiger partial charge >= 0.3 is 0 Å². The normalized spacial score (nSPS) is 10.4. The Kier molecular flexibility index (Phi) is 2.24. The van der Waals surface area contributed by atoms with Crippen LogP contribution in [-0.4, -0.2) is 4.98 Å². The highest BCUT2D eigenvalue weighted by atomic mass is 16.3. The molecule has 0 unspecified atom stereocenters. The molecule has 1 aromatic carbocycles. The molecule has 4 heteroatoms. The average Bonchev–Trinajstić information content (AvgIpc) is 2.77. The Morgan fingerprint density at radius 1 is 1.17 bits per heavy atom. The summed E-state index contributed by atoms with van der Waals surface area (Å²) in [7, 11) is 0. The van der Waals surface area contributed by atoms with Gasteiger partial charge < -0.3 is 10.2 Å². The highest BCUT2D eigenvalue weighted by Crippen LogP contribution is 2.35. The van der Waals surface area contributed by atoms with E-state index in [4.69, 9.17) is 15.4 Å². The molecule has 0 spiro atoms. The maximum absolute atomic E-state index is 8.76. The highest BCUT2D eigenvalue weighted by Gasteiger charge is 2.12. The smallest absolute Gasteiger partial charge is 0.158 e. The molecule has 0 aliphatic carbocycles. The number of hydrogen-bond donors (Lipinski definition) is 1. The molecule has 0 aliphatic heterocycles. The Morgan fingerprint density at radius 2 is 1.94 bits per heavy atom. The maximum atomic E-state index is 8.76. The first-order chi connectivity index (χ1) is 8.79. The fourth-order valence-corrected chi connectivity index (χ4v) is 1.88. The summed E-state index contributed by atoms with van der Waals surface area (Å²) < 4.78 is 5.69. The summed E-state index contributed by atoms with van der Waals surface area (Å²) in [6.45, 7) is 0. The standard InChI is InChI=1S/C14H9N3O/c15-7-9-1-3-10(4-2-9)14-13(16)11-5-6-17-8-12(11)18-14/h1-6,8H,16H2. The summed E-state index contributed by atoms with van der Waals surface area (Å²) in [5, 5.41) is 9.61. The van der Waals surface area contributed by atoms with Gasteiger partial charge in [-0.25, -0.2) is 0 Å². The average molecular weight is 235 g/mol. The first-order valence-electron chi connectivity index (χ1n) is 5.42. The number of rotatable bonds is 1. The van der Waals surface area contributed by atoms with Crippen LogP contribution in [0, 0.1) is 11.3 Å². The molecule has 0 saturated carbocycles. The van der Waals surface area contributed by atoms with Gasteiger partial charge in [-0.2, -0.15) is 5.26 Å². The van der Waals surface area contributed by atoms with Crippen molar-refractivity contribution in [2.24, 2.45) is 0 Å². The quantitative estimate of drug-likeness (QED) is 0.703. The highest BCUT2D eigenvalue weighted by molar-refractivity contribution is 5.96. The third-order valence-electron chi connectivity index (χ3n) is 2.81. The fourth-order valence-electron chi connectivity index (χ4n) is 1.88. The molecule has 0 radical (unpaired) electrons. The number of nitriles is 1. The van der Waals surface area contributed by atoms with Crippen LogP contribution >= 0.6 is 0 Å². The lowest BCUT2D eigenvalue weighted by Crippen LogP contribution is -1.86. The third-order valence-corrected chi connectivity index (χ3v) is 2.81. The van der Waals surface area contributed by atoms with Crippen LogP contribution in [0.1, 0.15) is 5.56 Å². The summed E-state index contributed by atoms with van der Waals surface area (Å²) in [6, 6.07) is 11.0. The van der Waals surface area contributed by atoms with Crippen molar-refractivity contribution < 1.29 is 4.42 Å². The van der Waals surface area contributed by atoms with Crippen LogP contribution in [0.15, 0.2) is 47.1 Å². The zero-order valence-corrected chi connectivity index (χ0v) is 9.42. The largest absolute Gasteiger partial charge is 0.452 e. The van der Waals surface area contributed by atoms with E-state index >= 15 is 0 Å². The van der Waals surface area contributed by atoms with Crippen molar-refractivity contribution in [2.75, 3.05) is 5.73 Å². The number of anilines is 1. The molecule has 2 aromatic heterocycles. The first-order valence-corrected chi connectivity index (χ1v) is 5.42. The third kappa shape index (κ3) is 1.50. The van der Waals surface area contributed by atoms with Crippen molar-refractivity contribution in [1.29, 1.82) is 5.26 Å². The molecule has 0 bridgehead atoms. The van der Waals surface area contributed by atoms with E-state index in [-0.39, 0.29) is 0 Å². The number of fused-ring (bicyclic) bond motifs is 1. The Hall–Kier alpha value is -2.80. The van der Waals surface area contributed by atoms with Crippen molar-refractivity contribution >= 4 is 16.7 Å². The summed E-state index contributed by atoms with van der Waals surface area (Å²) >= 11 is 0. The zero-order chi connectivity index (χ0) is 12.5. The van der Waals surface area contributed by atoms with Crippen LogP contribution in [0.5, 0.6) is 0 Å². The molecule has 2 heterocycles. The van der Waals surface area contributed by atoms with Gasteiger partial charge in [0, 0.05) is 17.1 Å². The molecule has 3 rings (SSSR count). The number of nitrogens with zero attached hydrogens (tertiary/aromatic N) is 2. The molecule has 0 saturated heterocycles. The van der Waals surface area contributed by atoms with Gasteiger partial charge in [-0.15, -0.1) is 0 Å².